The molecule has 2 N–H and O–H groups in total. The van der Waals surface area contributed by atoms with Crippen LogP contribution in [-0.2, 0) is 9.53 Å². The Morgan fingerprint density at radius 3 is 2.71 bits per heavy atom. The fourth-order valence-corrected chi connectivity index (χ4v) is 3.40. The highest BCUT2D eigenvalue weighted by atomic mass is 35.5. The van der Waals surface area contributed by atoms with Crippen molar-refractivity contribution in [3.8, 4) is 0 Å². The van der Waals surface area contributed by atoms with E-state index in [4.69, 9.17) is 27.9 Å². The van der Waals surface area contributed by atoms with Gasteiger partial charge in [-0.1, -0.05) is 41.9 Å². The number of rotatable bonds is 2. The van der Waals surface area contributed by atoms with E-state index in [2.05, 4.69) is 17.2 Å². The Hall–Kier alpha value is -1.76. The molecular formula is C16H17Cl2N3O3. The number of nitrogens with zero attached hydrogens (tertiary/aromatic N) is 1. The van der Waals surface area contributed by atoms with Gasteiger partial charge in [0.15, 0.2) is 0 Å². The molecule has 0 saturated carbocycles. The standard InChI is InChI=1S/C16H17Cl2N3O3/c1-9-12(15(22)21-5-7-24-8-6-21)14(20-16(23)19-9)10-3-2-4-11(17)13(10)18/h2-4,12,14H,1,5-8H2,(H2,19,20,23)/t12-,14+/m0/s1. The van der Waals surface area contributed by atoms with Crippen molar-refractivity contribution in [3.63, 3.8) is 0 Å². The second-order valence-electron chi connectivity index (χ2n) is 5.66. The fraction of sp³-hybridized carbons (Fsp3) is 0.375. The molecule has 2 atom stereocenters. The molecular weight excluding hydrogens is 353 g/mol. The first-order valence-corrected chi connectivity index (χ1v) is 8.31. The van der Waals surface area contributed by atoms with Crippen molar-refractivity contribution in [2.24, 2.45) is 5.92 Å². The Labute approximate surface area is 149 Å². The smallest absolute Gasteiger partial charge is 0.319 e. The average molecular weight is 370 g/mol. The first-order chi connectivity index (χ1) is 11.5. The van der Waals surface area contributed by atoms with Crippen molar-refractivity contribution in [3.05, 3.63) is 46.1 Å². The summed E-state index contributed by atoms with van der Waals surface area (Å²) in [7, 11) is 0. The second-order valence-corrected chi connectivity index (χ2v) is 6.44. The Morgan fingerprint density at radius 1 is 1.29 bits per heavy atom. The van der Waals surface area contributed by atoms with Crippen LogP contribution in [0.15, 0.2) is 30.5 Å². The monoisotopic (exact) mass is 369 g/mol. The van der Waals surface area contributed by atoms with Gasteiger partial charge in [-0.05, 0) is 11.6 Å². The average Bonchev–Trinajstić information content (AvgIpc) is 2.57. The van der Waals surface area contributed by atoms with Gasteiger partial charge in [0.05, 0.1) is 29.3 Å². The molecule has 8 heteroatoms. The quantitative estimate of drug-likeness (QED) is 0.840. The number of carbonyl (C=O) groups is 2. The van der Waals surface area contributed by atoms with Crippen LogP contribution in [-0.4, -0.2) is 43.1 Å². The number of urea groups is 1. The molecule has 0 aliphatic carbocycles. The van der Waals surface area contributed by atoms with Crippen LogP contribution < -0.4 is 10.6 Å². The van der Waals surface area contributed by atoms with Crippen molar-refractivity contribution in [1.82, 2.24) is 15.5 Å². The highest BCUT2D eigenvalue weighted by Gasteiger charge is 2.41. The van der Waals surface area contributed by atoms with E-state index in [0.29, 0.717) is 47.6 Å². The number of nitrogens with one attached hydrogen (secondary N) is 2. The van der Waals surface area contributed by atoms with Gasteiger partial charge in [-0.15, -0.1) is 0 Å². The van der Waals surface area contributed by atoms with Gasteiger partial charge >= 0.3 is 6.03 Å². The van der Waals surface area contributed by atoms with Crippen LogP contribution in [0.5, 0.6) is 0 Å². The molecule has 24 heavy (non-hydrogen) atoms. The highest BCUT2D eigenvalue weighted by Crippen LogP contribution is 2.37. The Morgan fingerprint density at radius 2 is 2.00 bits per heavy atom. The summed E-state index contributed by atoms with van der Waals surface area (Å²) in [6.45, 7) is 5.86. The topological polar surface area (TPSA) is 70.7 Å². The number of amides is 3. The Balaban J connectivity index is 1.96. The van der Waals surface area contributed by atoms with Crippen molar-refractivity contribution in [2.45, 2.75) is 6.04 Å². The maximum Gasteiger partial charge on any atom is 0.319 e. The first-order valence-electron chi connectivity index (χ1n) is 7.56. The van der Waals surface area contributed by atoms with Gasteiger partial charge in [-0.2, -0.15) is 0 Å². The van der Waals surface area contributed by atoms with E-state index in [-0.39, 0.29) is 5.91 Å². The van der Waals surface area contributed by atoms with Crippen LogP contribution in [0, 0.1) is 5.92 Å². The number of carbonyl (C=O) groups excluding carboxylic acids is 2. The molecule has 0 radical (unpaired) electrons. The summed E-state index contributed by atoms with van der Waals surface area (Å²) in [6, 6.07) is 4.08. The fourth-order valence-electron chi connectivity index (χ4n) is 2.98. The summed E-state index contributed by atoms with van der Waals surface area (Å²) >= 11 is 12.4. The highest BCUT2D eigenvalue weighted by molar-refractivity contribution is 6.42. The zero-order valence-electron chi connectivity index (χ0n) is 12.9. The minimum Gasteiger partial charge on any atom is -0.378 e. The lowest BCUT2D eigenvalue weighted by Gasteiger charge is -2.38. The predicted molar refractivity (Wildman–Crippen MR) is 90.9 cm³/mol. The van der Waals surface area contributed by atoms with Gasteiger partial charge in [0.1, 0.15) is 5.92 Å². The predicted octanol–water partition coefficient (Wildman–Crippen LogP) is 2.34. The molecule has 1 aromatic carbocycles. The molecule has 0 aromatic heterocycles. The van der Waals surface area contributed by atoms with Gasteiger partial charge in [-0.25, -0.2) is 4.79 Å². The van der Waals surface area contributed by atoms with Gasteiger partial charge in [0.25, 0.3) is 0 Å². The number of ether oxygens (including phenoxy) is 1. The lowest BCUT2D eigenvalue weighted by atomic mass is 9.87. The molecule has 0 spiro atoms. The lowest BCUT2D eigenvalue weighted by Crippen LogP contribution is -2.55. The van der Waals surface area contributed by atoms with Crippen LogP contribution >= 0.6 is 23.2 Å². The second kappa shape index (κ2) is 7.01. The van der Waals surface area contributed by atoms with Gasteiger partial charge < -0.3 is 20.3 Å². The normalized spacial score (nSPS) is 24.3. The first kappa shape index (κ1) is 17.1. The van der Waals surface area contributed by atoms with E-state index < -0.39 is 18.0 Å². The van der Waals surface area contributed by atoms with Crippen molar-refractivity contribution in [1.29, 1.82) is 0 Å². The maximum absolute atomic E-state index is 13.0. The van der Waals surface area contributed by atoms with Crippen molar-refractivity contribution < 1.29 is 14.3 Å². The van der Waals surface area contributed by atoms with E-state index in [1.807, 2.05) is 0 Å². The van der Waals surface area contributed by atoms with Gasteiger partial charge in [-0.3, -0.25) is 4.79 Å². The summed E-state index contributed by atoms with van der Waals surface area (Å²) in [5.74, 6) is -0.798. The number of benzene rings is 1. The molecule has 0 bridgehead atoms. The number of hydrogen-bond acceptors (Lipinski definition) is 3. The molecule has 6 nitrogen and oxygen atoms in total. The summed E-state index contributed by atoms with van der Waals surface area (Å²) in [5.41, 5.74) is 0.933. The van der Waals surface area contributed by atoms with E-state index in [0.717, 1.165) is 0 Å². The molecule has 2 aliphatic rings. The van der Waals surface area contributed by atoms with Crippen LogP contribution in [0.2, 0.25) is 10.0 Å². The maximum atomic E-state index is 13.0. The molecule has 2 aliphatic heterocycles. The van der Waals surface area contributed by atoms with E-state index >= 15 is 0 Å². The van der Waals surface area contributed by atoms with Crippen molar-refractivity contribution in [2.75, 3.05) is 26.3 Å². The SMILES string of the molecule is C=C1NC(=O)N[C@H](c2cccc(Cl)c2Cl)[C@H]1C(=O)N1CCOCC1. The number of hydrogen-bond donors (Lipinski definition) is 2. The third kappa shape index (κ3) is 3.22. The summed E-state index contributed by atoms with van der Waals surface area (Å²) < 4.78 is 5.29. The number of halogens is 2. The largest absolute Gasteiger partial charge is 0.378 e. The zero-order valence-corrected chi connectivity index (χ0v) is 14.4. The molecule has 128 valence electrons. The van der Waals surface area contributed by atoms with Gasteiger partial charge in [0, 0.05) is 18.8 Å². The van der Waals surface area contributed by atoms with Crippen LogP contribution in [0.3, 0.4) is 0 Å². The van der Waals surface area contributed by atoms with Crippen LogP contribution in [0.4, 0.5) is 4.79 Å². The van der Waals surface area contributed by atoms with Crippen molar-refractivity contribution >= 4 is 35.1 Å². The Kier molecular flexibility index (Phi) is 4.99. The van der Waals surface area contributed by atoms with Gasteiger partial charge in [0.2, 0.25) is 5.91 Å². The van der Waals surface area contributed by atoms with Crippen LogP contribution in [0.25, 0.3) is 0 Å². The molecule has 3 rings (SSSR count). The molecule has 2 saturated heterocycles. The molecule has 1 aromatic rings. The third-order valence-corrected chi connectivity index (χ3v) is 5.01. The van der Waals surface area contributed by atoms with E-state index in [1.54, 1.807) is 23.1 Å². The summed E-state index contributed by atoms with van der Waals surface area (Å²) in [5, 5.41) is 6.04. The van der Waals surface area contributed by atoms with Crippen LogP contribution in [0.1, 0.15) is 11.6 Å². The summed E-state index contributed by atoms with van der Waals surface area (Å²) in [4.78, 5) is 26.6. The van der Waals surface area contributed by atoms with E-state index in [1.165, 1.54) is 0 Å². The van der Waals surface area contributed by atoms with E-state index in [9.17, 15) is 9.59 Å². The minimum absolute atomic E-state index is 0.128. The molecule has 2 fully saturated rings. The third-order valence-electron chi connectivity index (χ3n) is 4.17. The minimum atomic E-state index is -0.670. The zero-order chi connectivity index (χ0) is 17.3. The molecule has 3 amide bonds. The lowest BCUT2D eigenvalue weighted by molar-refractivity contribution is -0.139. The Bertz CT molecular complexity index is 689. The summed E-state index contributed by atoms with van der Waals surface area (Å²) in [6.07, 6.45) is 0. The number of morpholine rings is 1. The molecule has 0 unspecified atom stereocenters. The molecule has 2 heterocycles.